The smallest absolute Gasteiger partial charge is 0.270 e. The molecule has 0 unspecified atom stereocenters. The Labute approximate surface area is 123 Å². The molecule has 0 heterocycles. The molecule has 2 rings (SSSR count). The van der Waals surface area contributed by atoms with Crippen molar-refractivity contribution in [1.82, 2.24) is 5.32 Å². The molecule has 0 radical (unpaired) electrons. The molecule has 0 aliphatic heterocycles. The molecule has 1 saturated carbocycles. The zero-order chi connectivity index (χ0) is 15.2. The largest absolute Gasteiger partial charge is 0.350 e. The number of nitro benzene ring substituents is 1. The Hall–Kier alpha value is -2.21. The van der Waals surface area contributed by atoms with E-state index in [0.717, 1.165) is 25.7 Å². The van der Waals surface area contributed by atoms with Crippen molar-refractivity contribution in [2.75, 3.05) is 0 Å². The number of nitrogens with zero attached hydrogens (tertiary/aromatic N) is 1. The number of nitrogens with one attached hydrogen (secondary N) is 1. The average Bonchev–Trinajstić information content (AvgIpc) is 2.48. The number of nitrogens with two attached hydrogens (primary N) is 1. The lowest BCUT2D eigenvalue weighted by Crippen LogP contribution is -2.39. The third-order valence-corrected chi connectivity index (χ3v) is 3.63. The Morgan fingerprint density at radius 3 is 2.71 bits per heavy atom. The van der Waals surface area contributed by atoms with Crippen LogP contribution in [0.25, 0.3) is 6.08 Å². The van der Waals surface area contributed by atoms with Crippen LogP contribution in [0.1, 0.15) is 31.2 Å². The van der Waals surface area contributed by atoms with Gasteiger partial charge in [-0.25, -0.2) is 0 Å². The maximum Gasteiger partial charge on any atom is 0.270 e. The summed E-state index contributed by atoms with van der Waals surface area (Å²) < 4.78 is 0. The number of hydrogen-bond acceptors (Lipinski definition) is 4. The van der Waals surface area contributed by atoms with Gasteiger partial charge in [0.05, 0.1) is 4.92 Å². The molecule has 0 atom stereocenters. The summed E-state index contributed by atoms with van der Waals surface area (Å²) in [5.41, 5.74) is 6.46. The van der Waals surface area contributed by atoms with E-state index in [0.29, 0.717) is 5.56 Å². The van der Waals surface area contributed by atoms with Gasteiger partial charge in [-0.1, -0.05) is 12.1 Å². The minimum absolute atomic E-state index is 0.0128. The number of nitro groups is 1. The van der Waals surface area contributed by atoms with E-state index in [2.05, 4.69) is 5.32 Å². The number of carbonyl (C=O) groups is 1. The van der Waals surface area contributed by atoms with Gasteiger partial charge in [0.2, 0.25) is 5.91 Å². The van der Waals surface area contributed by atoms with Crippen LogP contribution in [0.15, 0.2) is 30.3 Å². The molecule has 21 heavy (non-hydrogen) atoms. The van der Waals surface area contributed by atoms with Gasteiger partial charge in [0.25, 0.3) is 5.69 Å². The number of carbonyl (C=O) groups excluding carboxylic acids is 1. The zero-order valence-electron chi connectivity index (χ0n) is 11.7. The lowest BCUT2D eigenvalue weighted by atomic mass is 9.92. The number of non-ortho nitro benzene ring substituents is 1. The molecule has 112 valence electrons. The van der Waals surface area contributed by atoms with Gasteiger partial charge in [0.1, 0.15) is 0 Å². The van der Waals surface area contributed by atoms with Gasteiger partial charge in [-0.05, 0) is 37.3 Å². The van der Waals surface area contributed by atoms with E-state index in [-0.39, 0.29) is 23.7 Å². The number of benzene rings is 1. The van der Waals surface area contributed by atoms with E-state index in [4.69, 9.17) is 5.73 Å². The summed E-state index contributed by atoms with van der Waals surface area (Å²) in [5.74, 6) is -0.179. The predicted molar refractivity (Wildman–Crippen MR) is 80.5 cm³/mol. The Morgan fingerprint density at radius 2 is 2.05 bits per heavy atom. The summed E-state index contributed by atoms with van der Waals surface area (Å²) in [6, 6.07) is 6.59. The van der Waals surface area contributed by atoms with Gasteiger partial charge < -0.3 is 11.1 Å². The summed E-state index contributed by atoms with van der Waals surface area (Å²) in [6.07, 6.45) is 6.65. The van der Waals surface area contributed by atoms with Crippen molar-refractivity contribution < 1.29 is 9.72 Å². The van der Waals surface area contributed by atoms with Gasteiger partial charge in [-0.15, -0.1) is 0 Å². The summed E-state index contributed by atoms with van der Waals surface area (Å²) in [7, 11) is 0. The van der Waals surface area contributed by atoms with Gasteiger partial charge in [0.15, 0.2) is 0 Å². The fourth-order valence-corrected chi connectivity index (χ4v) is 2.43. The van der Waals surface area contributed by atoms with Crippen molar-refractivity contribution in [2.45, 2.75) is 37.8 Å². The third-order valence-electron chi connectivity index (χ3n) is 3.63. The Kier molecular flexibility index (Phi) is 5.05. The van der Waals surface area contributed by atoms with Crippen molar-refractivity contribution in [3.05, 3.63) is 46.0 Å². The van der Waals surface area contributed by atoms with Crippen LogP contribution in [0, 0.1) is 10.1 Å². The summed E-state index contributed by atoms with van der Waals surface area (Å²) in [6.45, 7) is 0. The monoisotopic (exact) mass is 289 g/mol. The minimum Gasteiger partial charge on any atom is -0.350 e. The molecular weight excluding hydrogens is 270 g/mol. The van der Waals surface area contributed by atoms with Crippen molar-refractivity contribution in [2.24, 2.45) is 5.73 Å². The van der Waals surface area contributed by atoms with E-state index in [1.807, 2.05) is 0 Å². The lowest BCUT2D eigenvalue weighted by Gasteiger charge is -2.26. The maximum absolute atomic E-state index is 11.8. The van der Waals surface area contributed by atoms with E-state index in [1.165, 1.54) is 18.2 Å². The number of amides is 1. The first-order valence-electron chi connectivity index (χ1n) is 7.03. The van der Waals surface area contributed by atoms with Crippen molar-refractivity contribution in [1.29, 1.82) is 0 Å². The lowest BCUT2D eigenvalue weighted by molar-refractivity contribution is -0.384. The molecular formula is C15H19N3O3. The molecule has 1 fully saturated rings. The normalized spacial score (nSPS) is 22.1. The van der Waals surface area contributed by atoms with Crippen molar-refractivity contribution >= 4 is 17.7 Å². The second-order valence-corrected chi connectivity index (χ2v) is 5.31. The Morgan fingerprint density at radius 1 is 1.33 bits per heavy atom. The van der Waals surface area contributed by atoms with Crippen LogP contribution < -0.4 is 11.1 Å². The Balaban J connectivity index is 1.90. The molecule has 6 heteroatoms. The Bertz CT molecular complexity index is 549. The van der Waals surface area contributed by atoms with Crippen molar-refractivity contribution in [3.8, 4) is 0 Å². The standard InChI is InChI=1S/C15H19N3O3/c16-12-5-7-13(8-6-12)17-15(19)9-4-11-2-1-3-14(10-11)18(20)21/h1-4,9-10,12-13H,5-8,16H2,(H,17,19). The molecule has 0 aromatic heterocycles. The zero-order valence-corrected chi connectivity index (χ0v) is 11.7. The molecule has 0 spiro atoms. The van der Waals surface area contributed by atoms with Crippen LogP contribution in [-0.4, -0.2) is 22.9 Å². The first-order chi connectivity index (χ1) is 10.0. The molecule has 0 saturated heterocycles. The maximum atomic E-state index is 11.8. The van der Waals surface area contributed by atoms with E-state index < -0.39 is 4.92 Å². The number of hydrogen-bond donors (Lipinski definition) is 2. The summed E-state index contributed by atoms with van der Waals surface area (Å²) in [4.78, 5) is 22.0. The van der Waals surface area contributed by atoms with Crippen LogP contribution in [0.2, 0.25) is 0 Å². The van der Waals surface area contributed by atoms with Crippen LogP contribution in [-0.2, 0) is 4.79 Å². The molecule has 1 aliphatic carbocycles. The highest BCUT2D eigenvalue weighted by atomic mass is 16.6. The second kappa shape index (κ2) is 6.99. The van der Waals surface area contributed by atoms with Crippen LogP contribution >= 0.6 is 0 Å². The fraction of sp³-hybridized carbons (Fsp3) is 0.400. The quantitative estimate of drug-likeness (QED) is 0.503. The topological polar surface area (TPSA) is 98.3 Å². The third kappa shape index (κ3) is 4.68. The fourth-order valence-electron chi connectivity index (χ4n) is 2.43. The highest BCUT2D eigenvalue weighted by Crippen LogP contribution is 2.17. The van der Waals surface area contributed by atoms with Crippen LogP contribution in [0.3, 0.4) is 0 Å². The molecule has 3 N–H and O–H groups in total. The molecule has 1 aromatic rings. The highest BCUT2D eigenvalue weighted by molar-refractivity contribution is 5.92. The molecule has 1 aliphatic rings. The molecule has 1 aromatic carbocycles. The first kappa shape index (κ1) is 15.2. The van der Waals surface area contributed by atoms with Gasteiger partial charge in [-0.2, -0.15) is 0 Å². The van der Waals surface area contributed by atoms with Crippen LogP contribution in [0.4, 0.5) is 5.69 Å². The first-order valence-corrected chi connectivity index (χ1v) is 7.03. The number of rotatable bonds is 4. The van der Waals surface area contributed by atoms with Gasteiger partial charge in [-0.3, -0.25) is 14.9 Å². The molecule has 6 nitrogen and oxygen atoms in total. The molecule has 0 bridgehead atoms. The predicted octanol–water partition coefficient (Wildman–Crippen LogP) is 1.99. The van der Waals surface area contributed by atoms with E-state index >= 15 is 0 Å². The minimum atomic E-state index is -0.456. The van der Waals surface area contributed by atoms with E-state index in [9.17, 15) is 14.9 Å². The van der Waals surface area contributed by atoms with Gasteiger partial charge in [0, 0.05) is 30.3 Å². The SMILES string of the molecule is NC1CCC(NC(=O)C=Cc2cccc([N+](=O)[O-])c2)CC1. The summed E-state index contributed by atoms with van der Waals surface area (Å²) in [5, 5.41) is 13.6. The van der Waals surface area contributed by atoms with E-state index in [1.54, 1.807) is 18.2 Å². The average molecular weight is 289 g/mol. The second-order valence-electron chi connectivity index (χ2n) is 5.31. The summed E-state index contributed by atoms with van der Waals surface area (Å²) >= 11 is 0. The highest BCUT2D eigenvalue weighted by Gasteiger charge is 2.19. The van der Waals surface area contributed by atoms with Crippen LogP contribution in [0.5, 0.6) is 0 Å². The van der Waals surface area contributed by atoms with Crippen molar-refractivity contribution in [3.63, 3.8) is 0 Å². The molecule has 1 amide bonds. The van der Waals surface area contributed by atoms with Gasteiger partial charge >= 0.3 is 0 Å².